The van der Waals surface area contributed by atoms with Crippen LogP contribution in [0.3, 0.4) is 0 Å². The number of hydrogen-bond acceptors (Lipinski definition) is 5. The highest BCUT2D eigenvalue weighted by Gasteiger charge is 2.39. The van der Waals surface area contributed by atoms with Crippen molar-refractivity contribution >= 4 is 11.8 Å². The highest BCUT2D eigenvalue weighted by Crippen LogP contribution is 2.35. The van der Waals surface area contributed by atoms with Gasteiger partial charge in [-0.15, -0.1) is 0 Å². The number of aryl methyl sites for hydroxylation is 3. The van der Waals surface area contributed by atoms with Crippen molar-refractivity contribution in [2.75, 3.05) is 31.6 Å². The van der Waals surface area contributed by atoms with Gasteiger partial charge in [0.15, 0.2) is 0 Å². The lowest BCUT2D eigenvalue weighted by Crippen LogP contribution is -2.55. The molecule has 0 saturated carbocycles. The highest BCUT2D eigenvalue weighted by molar-refractivity contribution is 5.76. The number of aromatic nitrogens is 1. The summed E-state index contributed by atoms with van der Waals surface area (Å²) in [6.07, 6.45) is 6.40. The molecule has 1 fully saturated rings. The Labute approximate surface area is 207 Å². The van der Waals surface area contributed by atoms with Crippen molar-refractivity contribution in [3.05, 3.63) is 58.0 Å². The van der Waals surface area contributed by atoms with E-state index in [1.807, 2.05) is 25.7 Å². The SMILES string of the molecule is Cc1cc(F)cc(C(C(=O)O)N2CC(OCCCCCc3ccc4c(n3)NCCC4)C2)c1C(C)C. The van der Waals surface area contributed by atoms with Crippen LogP contribution in [0.2, 0.25) is 0 Å². The Hall–Kier alpha value is -2.51. The molecule has 6 nitrogen and oxygen atoms in total. The molecule has 1 saturated heterocycles. The number of ether oxygens (including phenoxy) is 1. The molecule has 35 heavy (non-hydrogen) atoms. The van der Waals surface area contributed by atoms with Gasteiger partial charge in [0.1, 0.15) is 17.7 Å². The van der Waals surface area contributed by atoms with E-state index in [9.17, 15) is 14.3 Å². The highest BCUT2D eigenvalue weighted by atomic mass is 19.1. The number of unbranched alkanes of at least 4 members (excludes halogenated alkanes) is 2. The number of nitrogens with zero attached hydrogens (tertiary/aromatic N) is 2. The number of nitrogens with one attached hydrogen (secondary N) is 1. The fourth-order valence-corrected chi connectivity index (χ4v) is 5.41. The lowest BCUT2D eigenvalue weighted by Gasteiger charge is -2.43. The van der Waals surface area contributed by atoms with Gasteiger partial charge >= 0.3 is 5.97 Å². The fourth-order valence-electron chi connectivity index (χ4n) is 5.41. The van der Waals surface area contributed by atoms with Crippen LogP contribution in [0, 0.1) is 12.7 Å². The molecule has 1 atom stereocenters. The Balaban J connectivity index is 1.20. The first-order valence-electron chi connectivity index (χ1n) is 12.9. The van der Waals surface area contributed by atoms with E-state index in [-0.39, 0.29) is 17.8 Å². The first-order chi connectivity index (χ1) is 16.8. The number of aliphatic carboxylic acids is 1. The van der Waals surface area contributed by atoms with Crippen molar-refractivity contribution < 1.29 is 19.0 Å². The average molecular weight is 484 g/mol. The first kappa shape index (κ1) is 25.6. The maximum atomic E-state index is 14.2. The third-order valence-electron chi connectivity index (χ3n) is 7.11. The third-order valence-corrected chi connectivity index (χ3v) is 7.11. The fraction of sp³-hybridized carbons (Fsp3) is 0.571. The monoisotopic (exact) mass is 483 g/mol. The Morgan fingerprint density at radius 2 is 2.06 bits per heavy atom. The minimum Gasteiger partial charge on any atom is -0.480 e. The van der Waals surface area contributed by atoms with Gasteiger partial charge < -0.3 is 15.2 Å². The number of rotatable bonds is 11. The summed E-state index contributed by atoms with van der Waals surface area (Å²) in [5.74, 6) is -0.154. The smallest absolute Gasteiger partial charge is 0.325 e. The summed E-state index contributed by atoms with van der Waals surface area (Å²) < 4.78 is 20.2. The molecule has 2 aliphatic rings. The number of carboxylic acid groups (broad SMARTS) is 1. The van der Waals surface area contributed by atoms with Gasteiger partial charge in [0.05, 0.1) is 6.10 Å². The molecular weight excluding hydrogens is 445 g/mol. The molecular formula is C28H38FN3O3. The normalized spacial score (nSPS) is 17.1. The maximum Gasteiger partial charge on any atom is 0.325 e. The van der Waals surface area contributed by atoms with E-state index in [1.54, 1.807) is 0 Å². The summed E-state index contributed by atoms with van der Waals surface area (Å²) >= 11 is 0. The van der Waals surface area contributed by atoms with E-state index >= 15 is 0 Å². The van der Waals surface area contributed by atoms with Gasteiger partial charge in [-0.3, -0.25) is 9.69 Å². The number of anilines is 1. The first-order valence-corrected chi connectivity index (χ1v) is 12.9. The van der Waals surface area contributed by atoms with Crippen LogP contribution in [-0.2, 0) is 22.4 Å². The van der Waals surface area contributed by atoms with Crippen LogP contribution in [0.1, 0.15) is 79.4 Å². The summed E-state index contributed by atoms with van der Waals surface area (Å²) in [4.78, 5) is 18.8. The van der Waals surface area contributed by atoms with Crippen molar-refractivity contribution in [1.82, 2.24) is 9.88 Å². The molecule has 0 amide bonds. The van der Waals surface area contributed by atoms with Gasteiger partial charge in [0.25, 0.3) is 0 Å². The van der Waals surface area contributed by atoms with Crippen LogP contribution >= 0.6 is 0 Å². The number of benzene rings is 1. The predicted octanol–water partition coefficient (Wildman–Crippen LogP) is 5.25. The average Bonchev–Trinajstić information content (AvgIpc) is 2.78. The van der Waals surface area contributed by atoms with Crippen molar-refractivity contribution in [2.24, 2.45) is 0 Å². The van der Waals surface area contributed by atoms with E-state index in [1.165, 1.54) is 24.1 Å². The van der Waals surface area contributed by atoms with Gasteiger partial charge in [-0.25, -0.2) is 9.37 Å². The number of fused-ring (bicyclic) bond motifs is 1. The molecule has 190 valence electrons. The predicted molar refractivity (Wildman–Crippen MR) is 136 cm³/mol. The van der Waals surface area contributed by atoms with Crippen molar-refractivity contribution in [3.63, 3.8) is 0 Å². The third kappa shape index (κ3) is 6.19. The Bertz CT molecular complexity index is 1040. The molecule has 2 aliphatic heterocycles. The summed E-state index contributed by atoms with van der Waals surface area (Å²) in [5, 5.41) is 13.3. The quantitative estimate of drug-likeness (QED) is 0.425. The molecule has 7 heteroatoms. The second kappa shape index (κ2) is 11.5. The van der Waals surface area contributed by atoms with Gasteiger partial charge in [-0.2, -0.15) is 0 Å². The zero-order valence-corrected chi connectivity index (χ0v) is 21.1. The molecule has 1 aromatic carbocycles. The van der Waals surface area contributed by atoms with Crippen LogP contribution < -0.4 is 5.32 Å². The lowest BCUT2D eigenvalue weighted by atomic mass is 9.87. The Morgan fingerprint density at radius 1 is 1.26 bits per heavy atom. The minimum absolute atomic E-state index is 0.0300. The van der Waals surface area contributed by atoms with Crippen molar-refractivity contribution in [3.8, 4) is 0 Å². The maximum absolute atomic E-state index is 14.2. The standard InChI is InChI=1S/C28H38FN3O3/c1-18(2)25-19(3)14-21(29)15-24(25)26(28(33)34)32-16-23(17-32)35-13-6-4-5-9-22-11-10-20-8-7-12-30-27(20)31-22/h10-11,14-15,18,23,26H,4-9,12-13,16-17H2,1-3H3,(H,30,31)(H,33,34). The summed E-state index contributed by atoms with van der Waals surface area (Å²) in [5.41, 5.74) is 4.75. The van der Waals surface area contributed by atoms with E-state index in [2.05, 4.69) is 17.4 Å². The van der Waals surface area contributed by atoms with E-state index < -0.39 is 12.0 Å². The Morgan fingerprint density at radius 3 is 2.80 bits per heavy atom. The number of likely N-dealkylation sites (tertiary alicyclic amines) is 1. The molecule has 1 aromatic heterocycles. The summed E-state index contributed by atoms with van der Waals surface area (Å²) in [6, 6.07) is 6.38. The van der Waals surface area contributed by atoms with E-state index in [0.717, 1.165) is 61.3 Å². The molecule has 2 aromatic rings. The van der Waals surface area contributed by atoms with Gasteiger partial charge in [0.2, 0.25) is 0 Å². The molecule has 4 rings (SSSR count). The number of carbonyl (C=O) groups is 1. The van der Waals surface area contributed by atoms with E-state index in [4.69, 9.17) is 9.72 Å². The molecule has 1 unspecified atom stereocenters. The zero-order chi connectivity index (χ0) is 24.9. The Kier molecular flexibility index (Phi) is 8.39. The number of halogens is 1. The summed E-state index contributed by atoms with van der Waals surface area (Å²) in [6.45, 7) is 8.67. The van der Waals surface area contributed by atoms with Crippen LogP contribution in [0.25, 0.3) is 0 Å². The molecule has 0 bridgehead atoms. The lowest BCUT2D eigenvalue weighted by molar-refractivity contribution is -0.151. The molecule has 0 aliphatic carbocycles. The largest absolute Gasteiger partial charge is 0.480 e. The number of pyridine rings is 1. The second-order valence-electron chi connectivity index (χ2n) is 10.2. The van der Waals surface area contributed by atoms with Crippen LogP contribution in [-0.4, -0.2) is 53.3 Å². The topological polar surface area (TPSA) is 74.7 Å². The van der Waals surface area contributed by atoms with Crippen molar-refractivity contribution in [1.29, 1.82) is 0 Å². The summed E-state index contributed by atoms with van der Waals surface area (Å²) in [7, 11) is 0. The van der Waals surface area contributed by atoms with Crippen LogP contribution in [0.4, 0.5) is 10.2 Å². The molecule has 0 radical (unpaired) electrons. The minimum atomic E-state index is -0.943. The molecule has 2 N–H and O–H groups in total. The number of carboxylic acids is 1. The van der Waals surface area contributed by atoms with Gasteiger partial charge in [-0.05, 0) is 85.4 Å². The molecule has 0 spiro atoms. The van der Waals surface area contributed by atoms with Gasteiger partial charge in [0, 0.05) is 31.9 Å². The van der Waals surface area contributed by atoms with Crippen LogP contribution in [0.5, 0.6) is 0 Å². The zero-order valence-electron chi connectivity index (χ0n) is 21.1. The molecule has 3 heterocycles. The number of hydrogen-bond donors (Lipinski definition) is 2. The second-order valence-corrected chi connectivity index (χ2v) is 10.2. The van der Waals surface area contributed by atoms with Crippen LogP contribution in [0.15, 0.2) is 24.3 Å². The van der Waals surface area contributed by atoms with Crippen molar-refractivity contribution in [2.45, 2.75) is 77.4 Å². The van der Waals surface area contributed by atoms with E-state index in [0.29, 0.717) is 25.3 Å². The van der Waals surface area contributed by atoms with Gasteiger partial charge in [-0.1, -0.05) is 26.3 Å².